The molecule has 1 saturated heterocycles. The molecule has 7 nitrogen and oxygen atoms in total. The molecule has 1 aliphatic rings. The van der Waals surface area contributed by atoms with Crippen LogP contribution in [0.5, 0.6) is 11.5 Å². The highest BCUT2D eigenvalue weighted by Crippen LogP contribution is 2.31. The van der Waals surface area contributed by atoms with Gasteiger partial charge in [-0.2, -0.15) is 0 Å². The Kier molecular flexibility index (Phi) is 6.65. The van der Waals surface area contributed by atoms with Crippen molar-refractivity contribution in [1.29, 1.82) is 0 Å². The second kappa shape index (κ2) is 9.80. The summed E-state index contributed by atoms with van der Waals surface area (Å²) in [7, 11) is 1.49. The molecule has 0 atom stereocenters. The number of barbiturate groups is 1. The van der Waals surface area contributed by atoms with Gasteiger partial charge in [-0.3, -0.25) is 14.9 Å². The Labute approximate surface area is 201 Å². The third kappa shape index (κ3) is 4.94. The molecule has 4 amide bonds. The highest BCUT2D eigenvalue weighted by molar-refractivity contribution is 6.39. The van der Waals surface area contributed by atoms with Gasteiger partial charge in [0, 0.05) is 5.02 Å². The van der Waals surface area contributed by atoms with Gasteiger partial charge in [0.25, 0.3) is 11.8 Å². The summed E-state index contributed by atoms with van der Waals surface area (Å²) < 4.78 is 11.3. The third-order valence-electron chi connectivity index (χ3n) is 5.18. The highest BCUT2D eigenvalue weighted by atomic mass is 35.5. The van der Waals surface area contributed by atoms with Gasteiger partial charge in [0.2, 0.25) is 0 Å². The Morgan fingerprint density at radius 3 is 2.44 bits per heavy atom. The van der Waals surface area contributed by atoms with E-state index in [1.54, 1.807) is 54.6 Å². The number of rotatable bonds is 6. The number of ether oxygens (including phenoxy) is 2. The van der Waals surface area contributed by atoms with Crippen LogP contribution in [0.25, 0.3) is 6.08 Å². The minimum absolute atomic E-state index is 0.171. The average molecular weight is 477 g/mol. The number of carbonyl (C=O) groups is 3. The molecule has 4 rings (SSSR count). The van der Waals surface area contributed by atoms with E-state index >= 15 is 0 Å². The molecule has 0 unspecified atom stereocenters. The van der Waals surface area contributed by atoms with Crippen molar-refractivity contribution in [3.8, 4) is 11.5 Å². The number of amides is 4. The molecule has 0 saturated carbocycles. The van der Waals surface area contributed by atoms with Gasteiger partial charge in [-0.25, -0.2) is 9.69 Å². The molecule has 0 spiro atoms. The van der Waals surface area contributed by atoms with Crippen molar-refractivity contribution >= 4 is 41.2 Å². The minimum Gasteiger partial charge on any atom is -0.493 e. The summed E-state index contributed by atoms with van der Waals surface area (Å²) in [4.78, 5) is 38.8. The number of nitrogens with zero attached hydrogens (tertiary/aromatic N) is 1. The van der Waals surface area contributed by atoms with Gasteiger partial charge in [0.15, 0.2) is 11.5 Å². The molecule has 1 heterocycles. The molecular weight excluding hydrogens is 456 g/mol. The van der Waals surface area contributed by atoms with Gasteiger partial charge in [0.05, 0.1) is 12.8 Å². The fourth-order valence-corrected chi connectivity index (χ4v) is 3.65. The molecule has 0 aliphatic carbocycles. The summed E-state index contributed by atoms with van der Waals surface area (Å²) in [6.45, 7) is 2.18. The summed E-state index contributed by atoms with van der Waals surface area (Å²) in [6.07, 6.45) is 1.41. The number of hydrogen-bond acceptors (Lipinski definition) is 5. The third-order valence-corrected chi connectivity index (χ3v) is 5.41. The van der Waals surface area contributed by atoms with Crippen LogP contribution in [0.4, 0.5) is 10.5 Å². The van der Waals surface area contributed by atoms with Crippen molar-refractivity contribution in [2.75, 3.05) is 12.0 Å². The van der Waals surface area contributed by atoms with Crippen LogP contribution in [0.2, 0.25) is 5.02 Å². The zero-order valence-electron chi connectivity index (χ0n) is 18.5. The standard InChI is InChI=1S/C26H21ClN2O5/c1-16-6-9-20(10-7-16)29-25(31)21(24(30)28-26(29)32)13-17-8-11-22(23(14-17)33-2)34-15-18-4-3-5-19(27)12-18/h3-14H,15H2,1-2H3,(H,28,30,32)/b21-13+. The summed E-state index contributed by atoms with van der Waals surface area (Å²) >= 11 is 6.02. The Morgan fingerprint density at radius 1 is 0.971 bits per heavy atom. The van der Waals surface area contributed by atoms with Crippen LogP contribution in [0.15, 0.2) is 72.3 Å². The number of nitrogens with one attached hydrogen (secondary N) is 1. The Balaban J connectivity index is 1.59. The second-order valence-electron chi connectivity index (χ2n) is 7.62. The van der Waals surface area contributed by atoms with Crippen molar-refractivity contribution in [3.63, 3.8) is 0 Å². The van der Waals surface area contributed by atoms with E-state index in [2.05, 4.69) is 5.32 Å². The van der Waals surface area contributed by atoms with Gasteiger partial charge in [-0.05, 0) is 60.5 Å². The molecule has 0 aromatic heterocycles. The molecule has 1 fully saturated rings. The maximum Gasteiger partial charge on any atom is 0.335 e. The fraction of sp³-hybridized carbons (Fsp3) is 0.115. The summed E-state index contributed by atoms with van der Waals surface area (Å²) in [5.74, 6) is -0.566. The van der Waals surface area contributed by atoms with Gasteiger partial charge in [-0.1, -0.05) is 47.5 Å². The lowest BCUT2D eigenvalue weighted by Gasteiger charge is -2.26. The number of halogens is 1. The Bertz CT molecular complexity index is 1300. The second-order valence-corrected chi connectivity index (χ2v) is 8.06. The van der Waals surface area contributed by atoms with Crippen molar-refractivity contribution in [2.24, 2.45) is 0 Å². The number of anilines is 1. The van der Waals surface area contributed by atoms with E-state index in [-0.39, 0.29) is 12.2 Å². The van der Waals surface area contributed by atoms with Gasteiger partial charge in [-0.15, -0.1) is 0 Å². The lowest BCUT2D eigenvalue weighted by molar-refractivity contribution is -0.122. The predicted octanol–water partition coefficient (Wildman–Crippen LogP) is 4.90. The van der Waals surface area contributed by atoms with Crippen molar-refractivity contribution in [2.45, 2.75) is 13.5 Å². The largest absolute Gasteiger partial charge is 0.493 e. The fourth-order valence-electron chi connectivity index (χ4n) is 3.43. The van der Waals surface area contributed by atoms with Crippen LogP contribution in [0, 0.1) is 6.92 Å². The molecular formula is C26H21ClN2O5. The maximum atomic E-state index is 13.1. The smallest absolute Gasteiger partial charge is 0.335 e. The van der Waals surface area contributed by atoms with E-state index in [4.69, 9.17) is 21.1 Å². The number of methoxy groups -OCH3 is 1. The number of benzene rings is 3. The van der Waals surface area contributed by atoms with E-state index < -0.39 is 17.8 Å². The number of imide groups is 2. The minimum atomic E-state index is -0.793. The zero-order valence-corrected chi connectivity index (χ0v) is 19.3. The SMILES string of the molecule is COc1cc(/C=C2\C(=O)NC(=O)N(c3ccc(C)cc3)C2=O)ccc1OCc1cccc(Cl)c1. The number of hydrogen-bond donors (Lipinski definition) is 1. The maximum absolute atomic E-state index is 13.1. The zero-order chi connectivity index (χ0) is 24.2. The quantitative estimate of drug-likeness (QED) is 0.404. The van der Waals surface area contributed by atoms with Gasteiger partial charge < -0.3 is 9.47 Å². The monoisotopic (exact) mass is 476 g/mol. The van der Waals surface area contributed by atoms with Crippen LogP contribution < -0.4 is 19.7 Å². The first kappa shape index (κ1) is 23.1. The lowest BCUT2D eigenvalue weighted by Crippen LogP contribution is -2.54. The molecule has 1 N–H and O–H groups in total. The van der Waals surface area contributed by atoms with Crippen molar-refractivity contribution in [3.05, 3.63) is 94.0 Å². The van der Waals surface area contributed by atoms with Crippen molar-refractivity contribution in [1.82, 2.24) is 5.32 Å². The summed E-state index contributed by atoms with van der Waals surface area (Å²) in [5, 5.41) is 2.83. The van der Waals surface area contributed by atoms with Crippen LogP contribution in [0.3, 0.4) is 0 Å². The molecule has 8 heteroatoms. The summed E-state index contributed by atoms with van der Waals surface area (Å²) in [6, 6.07) is 18.4. The molecule has 34 heavy (non-hydrogen) atoms. The predicted molar refractivity (Wildman–Crippen MR) is 129 cm³/mol. The molecule has 0 bridgehead atoms. The van der Waals surface area contributed by atoms with Crippen molar-refractivity contribution < 1.29 is 23.9 Å². The van der Waals surface area contributed by atoms with Crippen LogP contribution in [-0.2, 0) is 16.2 Å². The van der Waals surface area contributed by atoms with Crippen LogP contribution in [-0.4, -0.2) is 25.0 Å². The summed E-state index contributed by atoms with van der Waals surface area (Å²) in [5.41, 5.74) is 2.60. The van der Waals surface area contributed by atoms with Crippen LogP contribution in [0.1, 0.15) is 16.7 Å². The topological polar surface area (TPSA) is 84.9 Å². The lowest BCUT2D eigenvalue weighted by atomic mass is 10.1. The van der Waals surface area contributed by atoms with Crippen LogP contribution >= 0.6 is 11.6 Å². The first-order valence-electron chi connectivity index (χ1n) is 10.4. The number of carbonyl (C=O) groups excluding carboxylic acids is 3. The average Bonchev–Trinajstić information content (AvgIpc) is 2.82. The van der Waals surface area contributed by atoms with E-state index in [9.17, 15) is 14.4 Å². The van der Waals surface area contributed by atoms with E-state index in [0.717, 1.165) is 16.0 Å². The van der Waals surface area contributed by atoms with Gasteiger partial charge in [0.1, 0.15) is 12.2 Å². The first-order chi connectivity index (χ1) is 16.4. The molecule has 3 aromatic rings. The Morgan fingerprint density at radius 2 is 1.74 bits per heavy atom. The number of aryl methyl sites for hydroxylation is 1. The van der Waals surface area contributed by atoms with E-state index in [1.807, 2.05) is 19.1 Å². The van der Waals surface area contributed by atoms with Gasteiger partial charge >= 0.3 is 6.03 Å². The Hall–Kier alpha value is -4.10. The molecule has 3 aromatic carbocycles. The normalized spacial score (nSPS) is 14.9. The molecule has 172 valence electrons. The first-order valence-corrected chi connectivity index (χ1v) is 10.8. The van der Waals surface area contributed by atoms with E-state index in [1.165, 1.54) is 13.2 Å². The highest BCUT2D eigenvalue weighted by Gasteiger charge is 2.36. The number of urea groups is 1. The van der Waals surface area contributed by atoms with E-state index in [0.29, 0.717) is 27.8 Å². The molecule has 1 aliphatic heterocycles. The molecule has 0 radical (unpaired) electrons.